The summed E-state index contributed by atoms with van der Waals surface area (Å²) in [5.74, 6) is 2.00. The Morgan fingerprint density at radius 1 is 0.667 bits per heavy atom. The Kier molecular flexibility index (Phi) is 8.48. The highest BCUT2D eigenvalue weighted by atomic mass is 16.5. The lowest BCUT2D eigenvalue weighted by Gasteiger charge is -2.24. The molecule has 0 saturated carbocycles. The molecular weight excluding hydrogens is 564 g/mol. The van der Waals surface area contributed by atoms with Gasteiger partial charge in [0.1, 0.15) is 24.7 Å². The first-order chi connectivity index (χ1) is 21.7. The molecule has 0 aromatic heterocycles. The molecule has 2 aliphatic carbocycles. The van der Waals surface area contributed by atoms with Gasteiger partial charge in [-0.3, -0.25) is 19.2 Å². The molecule has 6 nitrogen and oxygen atoms in total. The minimum atomic E-state index is 0.0469. The normalized spacial score (nSPS) is 14.5. The van der Waals surface area contributed by atoms with Crippen molar-refractivity contribution < 1.29 is 28.7 Å². The van der Waals surface area contributed by atoms with Gasteiger partial charge in [-0.25, -0.2) is 0 Å². The van der Waals surface area contributed by atoms with Gasteiger partial charge in [-0.2, -0.15) is 0 Å². The SMILES string of the molecule is CC(=O)c1ccc(C)c(COc2ccc3c(c2)C(=O)CCC3)c1.CC(=O)c1ccc2c(c1)COc1cc3c(cc1-2)CCCC3=O. The first-order valence-electron chi connectivity index (χ1n) is 15.5. The van der Waals surface area contributed by atoms with Crippen LogP contribution in [-0.4, -0.2) is 23.1 Å². The number of ketones is 4. The largest absolute Gasteiger partial charge is 0.489 e. The molecular formula is C39H36O6. The average molecular weight is 601 g/mol. The molecule has 0 bridgehead atoms. The zero-order valence-electron chi connectivity index (χ0n) is 26.0. The van der Waals surface area contributed by atoms with Crippen LogP contribution < -0.4 is 9.47 Å². The van der Waals surface area contributed by atoms with Gasteiger partial charge in [-0.05, 0) is 116 Å². The Bertz CT molecular complexity index is 1860. The standard InChI is InChI=1S/C20H20O3.C19H16O3/c1-13-6-7-16(14(2)21)10-17(13)12-23-18-9-8-15-4-3-5-20(22)19(15)11-18;1-11(20)12-5-6-15-14(7-12)10-22-19-9-16-13(8-17(15)19)3-2-4-18(16)21/h6-11H,3-5,12H2,1-2H3;5-9H,2-4,10H2,1H3. The maximum Gasteiger partial charge on any atom is 0.163 e. The topological polar surface area (TPSA) is 86.7 Å². The number of fused-ring (bicyclic) bond motifs is 5. The van der Waals surface area contributed by atoms with E-state index in [1.54, 1.807) is 13.8 Å². The van der Waals surface area contributed by atoms with Crippen molar-refractivity contribution in [2.75, 3.05) is 0 Å². The van der Waals surface area contributed by atoms with E-state index in [1.165, 1.54) is 0 Å². The van der Waals surface area contributed by atoms with Crippen LogP contribution in [0.4, 0.5) is 0 Å². The van der Waals surface area contributed by atoms with Crippen LogP contribution in [0.5, 0.6) is 11.5 Å². The van der Waals surface area contributed by atoms with Gasteiger partial charge >= 0.3 is 0 Å². The van der Waals surface area contributed by atoms with Crippen LogP contribution >= 0.6 is 0 Å². The van der Waals surface area contributed by atoms with Gasteiger partial charge in [0, 0.05) is 40.7 Å². The molecule has 0 fully saturated rings. The minimum Gasteiger partial charge on any atom is -0.489 e. The Labute approximate surface area is 263 Å². The monoisotopic (exact) mass is 600 g/mol. The molecule has 0 N–H and O–H groups in total. The molecule has 228 valence electrons. The van der Waals surface area contributed by atoms with Gasteiger partial charge in [0.2, 0.25) is 0 Å². The van der Waals surface area contributed by atoms with Crippen molar-refractivity contribution in [2.45, 2.75) is 72.5 Å². The lowest BCUT2D eigenvalue weighted by molar-refractivity contribution is 0.0964. The Balaban J connectivity index is 0.000000159. The van der Waals surface area contributed by atoms with Crippen LogP contribution in [0.25, 0.3) is 11.1 Å². The summed E-state index contributed by atoms with van der Waals surface area (Å²) in [6, 6.07) is 21.1. The lowest BCUT2D eigenvalue weighted by atomic mass is 9.86. The van der Waals surface area contributed by atoms with Gasteiger partial charge in [-0.1, -0.05) is 30.3 Å². The summed E-state index contributed by atoms with van der Waals surface area (Å²) in [7, 11) is 0. The first kappa shape index (κ1) is 30.2. The molecule has 6 heteroatoms. The molecule has 1 heterocycles. The number of benzene rings is 4. The molecule has 45 heavy (non-hydrogen) atoms. The fourth-order valence-electron chi connectivity index (χ4n) is 6.25. The van der Waals surface area contributed by atoms with E-state index < -0.39 is 0 Å². The molecule has 3 aliphatic rings. The summed E-state index contributed by atoms with van der Waals surface area (Å²) in [5.41, 5.74) is 10.5. The van der Waals surface area contributed by atoms with Crippen molar-refractivity contribution >= 4 is 23.1 Å². The number of ether oxygens (including phenoxy) is 2. The Morgan fingerprint density at radius 2 is 1.33 bits per heavy atom. The molecule has 0 saturated heterocycles. The fourth-order valence-corrected chi connectivity index (χ4v) is 6.25. The number of hydrogen-bond donors (Lipinski definition) is 0. The van der Waals surface area contributed by atoms with Crippen LogP contribution in [0, 0.1) is 6.92 Å². The smallest absolute Gasteiger partial charge is 0.163 e. The van der Waals surface area contributed by atoms with Gasteiger partial charge in [0.25, 0.3) is 0 Å². The molecule has 0 spiro atoms. The summed E-state index contributed by atoms with van der Waals surface area (Å²) >= 11 is 0. The number of Topliss-reactive ketones (excluding diaryl/α,β-unsaturated/α-hetero) is 4. The van der Waals surface area contributed by atoms with Crippen LogP contribution in [0.1, 0.15) is 109 Å². The third-order valence-corrected chi connectivity index (χ3v) is 8.92. The molecule has 4 aromatic rings. The minimum absolute atomic E-state index is 0.0469. The van der Waals surface area contributed by atoms with E-state index in [2.05, 4.69) is 6.07 Å². The number of hydrogen-bond acceptors (Lipinski definition) is 6. The summed E-state index contributed by atoms with van der Waals surface area (Å²) in [6.45, 7) is 5.96. The van der Waals surface area contributed by atoms with E-state index in [4.69, 9.17) is 9.47 Å². The van der Waals surface area contributed by atoms with Gasteiger partial charge in [-0.15, -0.1) is 0 Å². The summed E-state index contributed by atoms with van der Waals surface area (Å²) in [5, 5.41) is 0. The molecule has 7 rings (SSSR count). The van der Waals surface area contributed by atoms with E-state index in [-0.39, 0.29) is 23.1 Å². The second kappa shape index (κ2) is 12.6. The van der Waals surface area contributed by atoms with Gasteiger partial charge in [0.05, 0.1) is 0 Å². The third kappa shape index (κ3) is 6.37. The predicted molar refractivity (Wildman–Crippen MR) is 173 cm³/mol. The van der Waals surface area contributed by atoms with Crippen LogP contribution in [0.15, 0.2) is 66.7 Å². The highest BCUT2D eigenvalue weighted by Crippen LogP contribution is 2.41. The number of rotatable bonds is 5. The summed E-state index contributed by atoms with van der Waals surface area (Å²) in [6.07, 6.45) is 5.00. The molecule has 0 atom stereocenters. The molecule has 4 aromatic carbocycles. The molecule has 0 unspecified atom stereocenters. The Hall–Kier alpha value is -4.84. The Morgan fingerprint density at radius 3 is 2.07 bits per heavy atom. The highest BCUT2D eigenvalue weighted by molar-refractivity contribution is 6.01. The van der Waals surface area contributed by atoms with Crippen LogP contribution in [-0.2, 0) is 26.1 Å². The number of aryl methyl sites for hydroxylation is 3. The van der Waals surface area contributed by atoms with E-state index in [9.17, 15) is 19.2 Å². The van der Waals surface area contributed by atoms with E-state index in [0.717, 1.165) is 81.5 Å². The van der Waals surface area contributed by atoms with Crippen molar-refractivity contribution in [2.24, 2.45) is 0 Å². The van der Waals surface area contributed by atoms with Crippen molar-refractivity contribution in [3.63, 3.8) is 0 Å². The molecule has 0 radical (unpaired) electrons. The average Bonchev–Trinajstić information content (AvgIpc) is 3.04. The third-order valence-electron chi connectivity index (χ3n) is 8.92. The molecule has 0 amide bonds. The van der Waals surface area contributed by atoms with Crippen LogP contribution in [0.3, 0.4) is 0 Å². The lowest BCUT2D eigenvalue weighted by Crippen LogP contribution is -2.14. The highest BCUT2D eigenvalue weighted by Gasteiger charge is 2.25. The van der Waals surface area contributed by atoms with Crippen molar-refractivity contribution in [1.82, 2.24) is 0 Å². The number of carbonyl (C=O) groups is 4. The van der Waals surface area contributed by atoms with Gasteiger partial charge in [0.15, 0.2) is 23.1 Å². The summed E-state index contributed by atoms with van der Waals surface area (Å²) in [4.78, 5) is 47.1. The van der Waals surface area contributed by atoms with Gasteiger partial charge < -0.3 is 9.47 Å². The van der Waals surface area contributed by atoms with Crippen LogP contribution in [0.2, 0.25) is 0 Å². The van der Waals surface area contributed by atoms with E-state index in [1.807, 2.05) is 67.6 Å². The zero-order chi connectivity index (χ0) is 31.7. The zero-order valence-corrected chi connectivity index (χ0v) is 26.0. The summed E-state index contributed by atoms with van der Waals surface area (Å²) < 4.78 is 11.7. The maximum absolute atomic E-state index is 12.0. The van der Waals surface area contributed by atoms with E-state index in [0.29, 0.717) is 42.9 Å². The fraction of sp³-hybridized carbons (Fsp3) is 0.282. The maximum atomic E-state index is 12.0. The number of carbonyl (C=O) groups excluding carboxylic acids is 4. The molecule has 1 aliphatic heterocycles. The second-order valence-electron chi connectivity index (χ2n) is 12.1. The van der Waals surface area contributed by atoms with Crippen molar-refractivity contribution in [1.29, 1.82) is 0 Å². The van der Waals surface area contributed by atoms with Crippen molar-refractivity contribution in [3.05, 3.63) is 117 Å². The van der Waals surface area contributed by atoms with E-state index >= 15 is 0 Å². The predicted octanol–water partition coefficient (Wildman–Crippen LogP) is 8.26. The quantitative estimate of drug-likeness (QED) is 0.214. The first-order valence-corrected chi connectivity index (χ1v) is 15.5. The second-order valence-corrected chi connectivity index (χ2v) is 12.1. The van der Waals surface area contributed by atoms with Crippen molar-refractivity contribution in [3.8, 4) is 22.6 Å².